The van der Waals surface area contributed by atoms with E-state index in [0.29, 0.717) is 12.1 Å². The van der Waals surface area contributed by atoms with E-state index in [1.165, 1.54) is 14.0 Å². The van der Waals surface area contributed by atoms with Crippen molar-refractivity contribution in [1.29, 1.82) is 0 Å². The van der Waals surface area contributed by atoms with Gasteiger partial charge in [-0.1, -0.05) is 32.9 Å². The summed E-state index contributed by atoms with van der Waals surface area (Å²) < 4.78 is 66.4. The quantitative estimate of drug-likeness (QED) is 0.0721. The highest BCUT2D eigenvalue weighted by Gasteiger charge is 2.55. The van der Waals surface area contributed by atoms with Gasteiger partial charge in [0, 0.05) is 65.4 Å². The second-order valence-electron chi connectivity index (χ2n) is 22.9. The molecule has 2 N–H and O–H groups in total. The molecule has 3 fully saturated rings. The Hall–Kier alpha value is -1.11. The third kappa shape index (κ3) is 14.7. The van der Waals surface area contributed by atoms with Gasteiger partial charge < -0.3 is 66.7 Å². The van der Waals surface area contributed by atoms with Crippen LogP contribution in [0.5, 0.6) is 0 Å². The summed E-state index contributed by atoms with van der Waals surface area (Å²) in [6, 6.07) is -0.0377. The van der Waals surface area contributed by atoms with E-state index >= 15 is 0 Å². The molecular weight excluding hydrogens is 885 g/mol. The van der Waals surface area contributed by atoms with Crippen molar-refractivity contribution in [3.05, 3.63) is 0 Å². The van der Waals surface area contributed by atoms with Gasteiger partial charge in [-0.05, 0) is 114 Å². The van der Waals surface area contributed by atoms with Crippen molar-refractivity contribution in [2.75, 3.05) is 35.4 Å². The maximum Gasteiger partial charge on any atom is 0.311 e. The highest BCUT2D eigenvalue weighted by Crippen LogP contribution is 2.43. The van der Waals surface area contributed by atoms with Gasteiger partial charge in [0.2, 0.25) is 5.79 Å². The molecule has 6 unspecified atom stereocenters. The molecule has 18 atom stereocenters. The largest absolute Gasteiger partial charge is 0.459 e. The standard InChI is InChI=1S/C48H94N2O14Si2/c1-24-35-48(12,53)40(51)30(4)37(49-64-45(8,9)54-15)28(2)26-46(10,55-16)41(61-44-39(62-65(18,19)20)34(50(13)14)25-29(3)57-44)31(5)38(32(6)43(52)59-35)60-36-27-47(11,56-17)42(33(7)58-36)63-66(21,22)23/h28-36,38-42,44,51,53H,24-27H2,1-23H3/t28-,29-,30+,31+,32-,33+,34?,35-,36?,38+,39?,40-,41-,42?,44?,46-,47?,48-/m1/s1. The molecule has 0 spiro atoms. The summed E-state index contributed by atoms with van der Waals surface area (Å²) in [6.45, 7) is 35.1. The molecule has 3 aliphatic rings. The summed E-state index contributed by atoms with van der Waals surface area (Å²) >= 11 is 0. The summed E-state index contributed by atoms with van der Waals surface area (Å²) in [4.78, 5) is 23.0. The Bertz CT molecular complexity index is 1580. The first kappa shape index (κ1) is 59.2. The number of likely N-dealkylation sites (N-methyl/N-ethyl adjacent to an activating group) is 1. The topological polar surface area (TPSA) is 175 Å². The number of esters is 1. The first-order valence-corrected chi connectivity index (χ1v) is 31.1. The van der Waals surface area contributed by atoms with Gasteiger partial charge >= 0.3 is 5.97 Å². The minimum Gasteiger partial charge on any atom is -0.459 e. The lowest BCUT2D eigenvalue weighted by atomic mass is 9.73. The molecule has 388 valence electrons. The highest BCUT2D eigenvalue weighted by molar-refractivity contribution is 6.70. The van der Waals surface area contributed by atoms with Crippen LogP contribution in [-0.4, -0.2) is 169 Å². The Labute approximate surface area is 400 Å². The van der Waals surface area contributed by atoms with E-state index in [4.69, 9.17) is 51.6 Å². The van der Waals surface area contributed by atoms with Crippen molar-refractivity contribution in [1.82, 2.24) is 4.90 Å². The monoisotopic (exact) mass is 979 g/mol. The van der Waals surface area contributed by atoms with E-state index in [1.807, 2.05) is 55.6 Å². The molecule has 16 nitrogen and oxygen atoms in total. The van der Waals surface area contributed by atoms with Crippen LogP contribution in [0.4, 0.5) is 0 Å². The number of methoxy groups -OCH3 is 3. The molecular formula is C48H94N2O14Si2. The van der Waals surface area contributed by atoms with Gasteiger partial charge in [0.15, 0.2) is 29.2 Å². The SMILES string of the molecule is CC[C@H]1OC(=O)[C@H](C)[C@@H](OC2CC(C)(OC)C(O[Si](C)(C)C)[C@H](C)O2)[C@H](C)[C@@H](OC2O[C@H](C)CC(N(C)C)C2O[Si](C)(C)C)[C@](C)(OC)C[C@@H](C)C(=NOC(C)(C)OC)[C@H](C)[C@@H](O)[C@]1(C)O. The molecule has 0 bridgehead atoms. The Balaban J connectivity index is 2.39. The van der Waals surface area contributed by atoms with Crippen LogP contribution in [-0.2, 0) is 56.4 Å². The maximum atomic E-state index is 14.8. The van der Waals surface area contributed by atoms with Crippen LogP contribution in [0.25, 0.3) is 0 Å². The lowest BCUT2D eigenvalue weighted by molar-refractivity contribution is -0.316. The number of cyclic esters (lactones) is 1. The van der Waals surface area contributed by atoms with Crippen LogP contribution >= 0.6 is 0 Å². The smallest absolute Gasteiger partial charge is 0.311 e. The van der Waals surface area contributed by atoms with Crippen molar-refractivity contribution >= 4 is 28.3 Å². The predicted molar refractivity (Wildman–Crippen MR) is 260 cm³/mol. The first-order valence-electron chi connectivity index (χ1n) is 24.3. The third-order valence-electron chi connectivity index (χ3n) is 14.1. The minimum absolute atomic E-state index is 0.0377. The Morgan fingerprint density at radius 3 is 1.88 bits per heavy atom. The fourth-order valence-corrected chi connectivity index (χ4v) is 12.4. The molecule has 0 aromatic carbocycles. The van der Waals surface area contributed by atoms with Gasteiger partial charge in [0.05, 0.1) is 59.5 Å². The number of rotatable bonds is 15. The number of carbonyl (C=O) groups is 1. The third-order valence-corrected chi connectivity index (χ3v) is 16.0. The van der Waals surface area contributed by atoms with Crippen molar-refractivity contribution in [3.8, 4) is 0 Å². The van der Waals surface area contributed by atoms with Crippen LogP contribution in [0.2, 0.25) is 39.3 Å². The molecule has 0 amide bonds. The van der Waals surface area contributed by atoms with Gasteiger partial charge in [-0.15, -0.1) is 0 Å². The van der Waals surface area contributed by atoms with E-state index in [9.17, 15) is 15.0 Å². The summed E-state index contributed by atoms with van der Waals surface area (Å²) in [6.07, 6.45) is -5.99. The van der Waals surface area contributed by atoms with Crippen molar-refractivity contribution in [2.45, 2.75) is 238 Å². The fraction of sp³-hybridized carbons (Fsp3) is 0.958. The molecule has 66 heavy (non-hydrogen) atoms. The average molecular weight is 979 g/mol. The van der Waals surface area contributed by atoms with Crippen LogP contribution in [0.1, 0.15) is 109 Å². The molecule has 3 saturated heterocycles. The van der Waals surface area contributed by atoms with Crippen LogP contribution < -0.4 is 0 Å². The van der Waals surface area contributed by atoms with Crippen molar-refractivity contribution in [2.24, 2.45) is 28.8 Å². The van der Waals surface area contributed by atoms with Crippen molar-refractivity contribution < 1.29 is 66.6 Å². The van der Waals surface area contributed by atoms with Crippen LogP contribution in [0.15, 0.2) is 5.16 Å². The van der Waals surface area contributed by atoms with E-state index in [2.05, 4.69) is 49.3 Å². The Morgan fingerprint density at radius 2 is 1.38 bits per heavy atom. The predicted octanol–water partition coefficient (Wildman–Crippen LogP) is 7.34. The summed E-state index contributed by atoms with van der Waals surface area (Å²) in [5.41, 5.74) is -3.44. The lowest BCUT2D eigenvalue weighted by Crippen LogP contribution is -2.63. The average Bonchev–Trinajstić information content (AvgIpc) is 3.20. The molecule has 0 saturated carbocycles. The van der Waals surface area contributed by atoms with E-state index < -0.39 is 118 Å². The number of aliphatic hydroxyl groups excluding tert-OH is 1. The van der Waals surface area contributed by atoms with E-state index in [0.717, 1.165) is 6.42 Å². The summed E-state index contributed by atoms with van der Waals surface area (Å²) in [5, 5.41) is 29.1. The van der Waals surface area contributed by atoms with Gasteiger partial charge in [0.1, 0.15) is 17.8 Å². The molecule has 18 heteroatoms. The van der Waals surface area contributed by atoms with Gasteiger partial charge in [-0.2, -0.15) is 0 Å². The van der Waals surface area contributed by atoms with Gasteiger partial charge in [-0.25, -0.2) is 0 Å². The molecule has 3 aliphatic heterocycles. The number of nitrogens with zero attached hydrogens (tertiary/aromatic N) is 2. The van der Waals surface area contributed by atoms with Gasteiger partial charge in [-0.3, -0.25) is 4.79 Å². The van der Waals surface area contributed by atoms with E-state index in [-0.39, 0.29) is 31.1 Å². The second-order valence-corrected chi connectivity index (χ2v) is 31.8. The zero-order valence-electron chi connectivity index (χ0n) is 45.2. The van der Waals surface area contributed by atoms with E-state index in [1.54, 1.807) is 48.8 Å². The zero-order valence-corrected chi connectivity index (χ0v) is 47.2. The first-order chi connectivity index (χ1) is 30.1. The van der Waals surface area contributed by atoms with Crippen LogP contribution in [0, 0.1) is 23.7 Å². The van der Waals surface area contributed by atoms with Crippen LogP contribution in [0.3, 0.4) is 0 Å². The number of hydrogen-bond donors (Lipinski definition) is 2. The van der Waals surface area contributed by atoms with Crippen molar-refractivity contribution in [3.63, 3.8) is 0 Å². The molecule has 0 aliphatic carbocycles. The molecule has 0 radical (unpaired) electrons. The number of oxime groups is 1. The molecule has 0 aromatic rings. The fourth-order valence-electron chi connectivity index (χ4n) is 10.1. The Morgan fingerprint density at radius 1 is 0.818 bits per heavy atom. The minimum atomic E-state index is -2.19. The lowest BCUT2D eigenvalue weighted by Gasteiger charge is -2.51. The summed E-state index contributed by atoms with van der Waals surface area (Å²) in [5.74, 6) is -4.58. The Kier molecular flexibility index (Phi) is 20.6. The second kappa shape index (κ2) is 23.0. The molecule has 3 heterocycles. The maximum absolute atomic E-state index is 14.8. The number of aliphatic hydroxyl groups is 2. The normalized spacial score (nSPS) is 42.5. The molecule has 0 aromatic heterocycles. The highest BCUT2D eigenvalue weighted by atomic mass is 28.4. The molecule has 3 rings (SSSR count). The number of carbonyl (C=O) groups excluding carboxylic acids is 1. The summed E-state index contributed by atoms with van der Waals surface area (Å²) in [7, 11) is 4.68. The zero-order chi connectivity index (χ0) is 50.7. The van der Waals surface area contributed by atoms with Gasteiger partial charge in [0.25, 0.3) is 0 Å². The number of ether oxygens (including phenoxy) is 8. The number of hydrogen-bond acceptors (Lipinski definition) is 16.